The second-order valence-electron chi connectivity index (χ2n) is 4.45. The van der Waals surface area contributed by atoms with Crippen LogP contribution in [-0.2, 0) is 11.2 Å². The highest BCUT2D eigenvalue weighted by molar-refractivity contribution is 5.92. The molecule has 2 N–H and O–H groups in total. The minimum atomic E-state index is -0.436. The fourth-order valence-electron chi connectivity index (χ4n) is 1.89. The zero-order valence-corrected chi connectivity index (χ0v) is 11.2. The Kier molecular flexibility index (Phi) is 3.93. The predicted molar refractivity (Wildman–Crippen MR) is 73.1 cm³/mol. The van der Waals surface area contributed by atoms with Gasteiger partial charge in [0, 0.05) is 16.9 Å². The number of aromatic amines is 1. The highest BCUT2D eigenvalue weighted by atomic mass is 19.1. The largest absolute Gasteiger partial charge is 0.326 e. The minimum absolute atomic E-state index is 0.106. The van der Waals surface area contributed by atoms with Crippen LogP contribution in [0.5, 0.6) is 0 Å². The van der Waals surface area contributed by atoms with Crippen LogP contribution in [0.2, 0.25) is 0 Å². The third-order valence-electron chi connectivity index (χ3n) is 2.79. The van der Waals surface area contributed by atoms with Gasteiger partial charge in [0.25, 0.3) is 5.56 Å². The van der Waals surface area contributed by atoms with Crippen LogP contribution in [0, 0.1) is 19.7 Å². The molecule has 104 valence electrons. The Morgan fingerprint density at radius 2 is 2.15 bits per heavy atom. The monoisotopic (exact) mass is 275 g/mol. The van der Waals surface area contributed by atoms with Crippen molar-refractivity contribution in [3.63, 3.8) is 0 Å². The number of carbonyl (C=O) groups excluding carboxylic acids is 1. The molecule has 0 radical (unpaired) electrons. The molecule has 0 aliphatic heterocycles. The van der Waals surface area contributed by atoms with E-state index in [2.05, 4.69) is 15.3 Å². The first-order chi connectivity index (χ1) is 9.45. The molecule has 2 aromatic rings. The van der Waals surface area contributed by atoms with Gasteiger partial charge >= 0.3 is 0 Å². The first kappa shape index (κ1) is 13.9. The number of benzene rings is 1. The molecule has 0 aliphatic rings. The molecule has 0 spiro atoms. The molecule has 0 fully saturated rings. The van der Waals surface area contributed by atoms with Gasteiger partial charge in [-0.15, -0.1) is 0 Å². The normalized spacial score (nSPS) is 10.3. The van der Waals surface area contributed by atoms with Gasteiger partial charge in [-0.1, -0.05) is 6.07 Å². The van der Waals surface area contributed by atoms with Crippen LogP contribution in [0.3, 0.4) is 0 Å². The number of nitrogens with one attached hydrogen (secondary N) is 2. The summed E-state index contributed by atoms with van der Waals surface area (Å²) in [5.74, 6) is -0.328. The third kappa shape index (κ3) is 3.28. The Bertz CT molecular complexity index is 710. The summed E-state index contributed by atoms with van der Waals surface area (Å²) < 4.78 is 13.0. The number of hydrogen-bond acceptors (Lipinski definition) is 3. The molecule has 0 bridgehead atoms. The van der Waals surface area contributed by atoms with E-state index >= 15 is 0 Å². The van der Waals surface area contributed by atoms with E-state index in [0.717, 1.165) is 0 Å². The lowest BCUT2D eigenvalue weighted by molar-refractivity contribution is -0.115. The molecule has 20 heavy (non-hydrogen) atoms. The molecular formula is C14H14FN3O2. The van der Waals surface area contributed by atoms with Crippen LogP contribution in [0.25, 0.3) is 0 Å². The summed E-state index contributed by atoms with van der Waals surface area (Å²) in [4.78, 5) is 30.3. The molecule has 2 rings (SSSR count). The fraction of sp³-hybridized carbons (Fsp3) is 0.214. The number of nitrogens with zero attached hydrogens (tertiary/aromatic N) is 1. The van der Waals surface area contributed by atoms with Gasteiger partial charge in [-0.05, 0) is 32.0 Å². The Labute approximate surface area is 114 Å². The van der Waals surface area contributed by atoms with Gasteiger partial charge in [-0.3, -0.25) is 9.59 Å². The zero-order valence-electron chi connectivity index (χ0n) is 11.2. The summed E-state index contributed by atoms with van der Waals surface area (Å²) in [5.41, 5.74) is 0.846. The molecular weight excluding hydrogens is 261 g/mol. The lowest BCUT2D eigenvalue weighted by Gasteiger charge is -2.07. The molecule has 5 nitrogen and oxygen atoms in total. The maximum Gasteiger partial charge on any atom is 0.254 e. The summed E-state index contributed by atoms with van der Waals surface area (Å²) in [6.07, 6.45) is -0.106. The van der Waals surface area contributed by atoms with Crippen LogP contribution >= 0.6 is 0 Å². The molecule has 6 heteroatoms. The summed E-state index contributed by atoms with van der Waals surface area (Å²) in [6.45, 7) is 3.35. The number of amides is 1. The van der Waals surface area contributed by atoms with E-state index in [1.165, 1.54) is 18.2 Å². The number of halogens is 1. The molecule has 1 amide bonds. The lowest BCUT2D eigenvalue weighted by Crippen LogP contribution is -2.24. The van der Waals surface area contributed by atoms with Crippen molar-refractivity contribution in [3.05, 3.63) is 57.5 Å². The van der Waals surface area contributed by atoms with Crippen LogP contribution in [-0.4, -0.2) is 15.9 Å². The highest BCUT2D eigenvalue weighted by Gasteiger charge is 2.12. The van der Waals surface area contributed by atoms with Gasteiger partial charge in [0.15, 0.2) is 0 Å². The average Bonchev–Trinajstić information content (AvgIpc) is 2.33. The number of H-pyrrole nitrogens is 1. The quantitative estimate of drug-likeness (QED) is 0.895. The molecule has 0 saturated carbocycles. The van der Waals surface area contributed by atoms with Gasteiger partial charge < -0.3 is 10.3 Å². The van der Waals surface area contributed by atoms with Crippen molar-refractivity contribution < 1.29 is 9.18 Å². The van der Waals surface area contributed by atoms with E-state index in [0.29, 0.717) is 22.8 Å². The fourth-order valence-corrected chi connectivity index (χ4v) is 1.89. The first-order valence-corrected chi connectivity index (χ1v) is 6.07. The number of aryl methyl sites for hydroxylation is 2. The number of hydrogen-bond donors (Lipinski definition) is 2. The van der Waals surface area contributed by atoms with Crippen LogP contribution in [0.1, 0.15) is 17.1 Å². The van der Waals surface area contributed by atoms with E-state index in [1.54, 1.807) is 19.9 Å². The SMILES string of the molecule is Cc1nc(C)c(CC(=O)Nc2cccc(F)c2)c(=O)[nH]1. The second kappa shape index (κ2) is 5.64. The van der Waals surface area contributed by atoms with E-state index in [1.807, 2.05) is 0 Å². The van der Waals surface area contributed by atoms with Crippen molar-refractivity contribution in [2.24, 2.45) is 0 Å². The number of rotatable bonds is 3. The van der Waals surface area contributed by atoms with Crippen molar-refractivity contribution in [2.45, 2.75) is 20.3 Å². The summed E-state index contributed by atoms with van der Waals surface area (Å²) in [6, 6.07) is 5.57. The van der Waals surface area contributed by atoms with Crippen molar-refractivity contribution in [1.29, 1.82) is 0 Å². The third-order valence-corrected chi connectivity index (χ3v) is 2.79. The summed E-state index contributed by atoms with van der Waals surface area (Å²) in [5, 5.41) is 2.54. The summed E-state index contributed by atoms with van der Waals surface area (Å²) >= 11 is 0. The molecule has 0 aliphatic carbocycles. The maximum absolute atomic E-state index is 13.0. The smallest absolute Gasteiger partial charge is 0.254 e. The summed E-state index contributed by atoms with van der Waals surface area (Å²) in [7, 11) is 0. The van der Waals surface area contributed by atoms with Crippen LogP contribution in [0.15, 0.2) is 29.1 Å². The molecule has 0 unspecified atom stereocenters. The van der Waals surface area contributed by atoms with E-state index in [-0.39, 0.29) is 12.0 Å². The zero-order chi connectivity index (χ0) is 14.7. The number of carbonyl (C=O) groups is 1. The Balaban J connectivity index is 2.15. The van der Waals surface area contributed by atoms with Crippen molar-refractivity contribution in [1.82, 2.24) is 9.97 Å². The molecule has 1 aromatic heterocycles. The van der Waals surface area contributed by atoms with E-state index in [9.17, 15) is 14.0 Å². The first-order valence-electron chi connectivity index (χ1n) is 6.07. The van der Waals surface area contributed by atoms with Crippen molar-refractivity contribution in [2.75, 3.05) is 5.32 Å². The number of aromatic nitrogens is 2. The lowest BCUT2D eigenvalue weighted by atomic mass is 10.1. The highest BCUT2D eigenvalue weighted by Crippen LogP contribution is 2.10. The van der Waals surface area contributed by atoms with Crippen LogP contribution in [0.4, 0.5) is 10.1 Å². The molecule has 0 atom stereocenters. The van der Waals surface area contributed by atoms with E-state index < -0.39 is 11.7 Å². The minimum Gasteiger partial charge on any atom is -0.326 e. The van der Waals surface area contributed by atoms with Crippen molar-refractivity contribution >= 4 is 11.6 Å². The van der Waals surface area contributed by atoms with E-state index in [4.69, 9.17) is 0 Å². The Morgan fingerprint density at radius 3 is 2.80 bits per heavy atom. The Hall–Kier alpha value is -2.50. The van der Waals surface area contributed by atoms with Gasteiger partial charge in [0.2, 0.25) is 5.91 Å². The van der Waals surface area contributed by atoms with Gasteiger partial charge in [-0.25, -0.2) is 9.37 Å². The standard InChI is InChI=1S/C14H14FN3O2/c1-8-12(14(20)17-9(2)16-8)7-13(19)18-11-5-3-4-10(15)6-11/h3-6H,7H2,1-2H3,(H,18,19)(H,16,17,20). The van der Waals surface area contributed by atoms with Gasteiger partial charge in [0.1, 0.15) is 11.6 Å². The Morgan fingerprint density at radius 1 is 1.40 bits per heavy atom. The molecule has 0 saturated heterocycles. The maximum atomic E-state index is 13.0. The van der Waals surface area contributed by atoms with Crippen LogP contribution < -0.4 is 10.9 Å². The molecule has 1 aromatic carbocycles. The topological polar surface area (TPSA) is 74.8 Å². The van der Waals surface area contributed by atoms with Crippen molar-refractivity contribution in [3.8, 4) is 0 Å². The predicted octanol–water partition coefficient (Wildman–Crippen LogP) is 1.71. The molecule has 1 heterocycles. The van der Waals surface area contributed by atoms with Gasteiger partial charge in [0.05, 0.1) is 6.42 Å². The van der Waals surface area contributed by atoms with Gasteiger partial charge in [-0.2, -0.15) is 0 Å². The number of anilines is 1. The second-order valence-corrected chi connectivity index (χ2v) is 4.45. The average molecular weight is 275 g/mol.